The maximum absolute atomic E-state index is 13.6. The summed E-state index contributed by atoms with van der Waals surface area (Å²) in [6.45, 7) is 1.24. The molecule has 2 amide bonds. The lowest BCUT2D eigenvalue weighted by Gasteiger charge is -2.31. The predicted molar refractivity (Wildman–Crippen MR) is 84.8 cm³/mol. The number of alkyl halides is 2. The van der Waals surface area contributed by atoms with Crippen molar-refractivity contribution in [3.05, 3.63) is 24.0 Å². The van der Waals surface area contributed by atoms with Crippen LogP contribution in [0.15, 0.2) is 18.2 Å². The van der Waals surface area contributed by atoms with E-state index < -0.39 is 24.2 Å². The molecule has 0 spiro atoms. The molecule has 0 saturated carbocycles. The van der Waals surface area contributed by atoms with E-state index in [1.54, 1.807) is 0 Å². The number of halogens is 3. The molecule has 1 aromatic carbocycles. The van der Waals surface area contributed by atoms with Crippen LogP contribution in [0, 0.1) is 11.2 Å². The van der Waals surface area contributed by atoms with Crippen LogP contribution in [0.3, 0.4) is 0 Å². The van der Waals surface area contributed by atoms with E-state index in [1.807, 2.05) is 13.8 Å². The van der Waals surface area contributed by atoms with Crippen molar-refractivity contribution >= 4 is 11.7 Å². The zero-order valence-electron chi connectivity index (χ0n) is 13.7. The van der Waals surface area contributed by atoms with Gasteiger partial charge in [-0.1, -0.05) is 13.8 Å². The van der Waals surface area contributed by atoms with Gasteiger partial charge in [0.1, 0.15) is 0 Å². The molecule has 24 heavy (non-hydrogen) atoms. The number of ether oxygens (including phenoxy) is 1. The fraction of sp³-hybridized carbons (Fsp3) is 0.562. The number of benzene rings is 1. The van der Waals surface area contributed by atoms with Crippen molar-refractivity contribution in [2.45, 2.75) is 39.7 Å². The Kier molecular flexibility index (Phi) is 7.84. The van der Waals surface area contributed by atoms with Crippen molar-refractivity contribution in [3.63, 3.8) is 0 Å². The summed E-state index contributed by atoms with van der Waals surface area (Å²) in [6, 6.07) is 2.64. The Morgan fingerprint density at radius 3 is 2.50 bits per heavy atom. The van der Waals surface area contributed by atoms with Gasteiger partial charge in [-0.3, -0.25) is 0 Å². The zero-order chi connectivity index (χ0) is 18.2. The topological polar surface area (TPSA) is 70.6 Å². The molecule has 0 heterocycles. The van der Waals surface area contributed by atoms with E-state index in [0.717, 1.165) is 25.0 Å². The van der Waals surface area contributed by atoms with Gasteiger partial charge >= 0.3 is 12.6 Å². The van der Waals surface area contributed by atoms with Crippen molar-refractivity contribution in [1.29, 1.82) is 0 Å². The third-order valence-electron chi connectivity index (χ3n) is 4.17. The summed E-state index contributed by atoms with van der Waals surface area (Å²) >= 11 is 0. The van der Waals surface area contributed by atoms with E-state index in [1.165, 1.54) is 6.07 Å². The van der Waals surface area contributed by atoms with Crippen LogP contribution < -0.4 is 15.4 Å². The van der Waals surface area contributed by atoms with Crippen LogP contribution in [0.4, 0.5) is 23.7 Å². The molecule has 0 bridgehead atoms. The average molecular weight is 348 g/mol. The molecule has 0 unspecified atom stereocenters. The minimum atomic E-state index is -3.12. The number of hydrogen-bond donors (Lipinski definition) is 3. The van der Waals surface area contributed by atoms with Gasteiger partial charge in [0.05, 0.1) is 0 Å². The number of amides is 2. The van der Waals surface area contributed by atoms with Gasteiger partial charge in [0.15, 0.2) is 11.6 Å². The number of carbonyl (C=O) groups is 1. The van der Waals surface area contributed by atoms with Crippen LogP contribution >= 0.6 is 0 Å². The van der Waals surface area contributed by atoms with E-state index in [2.05, 4.69) is 15.4 Å². The highest BCUT2D eigenvalue weighted by molar-refractivity contribution is 5.89. The zero-order valence-corrected chi connectivity index (χ0v) is 13.7. The molecule has 3 N–H and O–H groups in total. The summed E-state index contributed by atoms with van der Waals surface area (Å²) in [6.07, 6.45) is 2.14. The van der Waals surface area contributed by atoms with E-state index in [9.17, 15) is 18.0 Å². The third kappa shape index (κ3) is 5.92. The van der Waals surface area contributed by atoms with E-state index >= 15 is 0 Å². The van der Waals surface area contributed by atoms with Crippen LogP contribution in [0.25, 0.3) is 0 Å². The van der Waals surface area contributed by atoms with Gasteiger partial charge < -0.3 is 20.5 Å². The lowest BCUT2D eigenvalue weighted by Crippen LogP contribution is -2.39. The standard InChI is InChI=1S/C16H23F3N2O3/c1-3-16(4-2,7-8-22)10-20-15(23)21-11-5-6-13(12(17)9-11)24-14(18)19/h5-6,9,14,22H,3-4,7-8,10H2,1-2H3,(H2,20,21,23). The number of nitrogens with one attached hydrogen (secondary N) is 2. The van der Waals surface area contributed by atoms with Gasteiger partial charge in [0.25, 0.3) is 0 Å². The molecule has 0 atom stereocenters. The monoisotopic (exact) mass is 348 g/mol. The Labute approximate surface area is 139 Å². The molecule has 0 aromatic heterocycles. The Hall–Kier alpha value is -1.96. The van der Waals surface area contributed by atoms with E-state index in [0.29, 0.717) is 13.0 Å². The number of anilines is 1. The highest BCUT2D eigenvalue weighted by Gasteiger charge is 2.26. The molecule has 0 aliphatic rings. The van der Waals surface area contributed by atoms with Crippen molar-refractivity contribution in [1.82, 2.24) is 5.32 Å². The maximum atomic E-state index is 13.6. The number of carbonyl (C=O) groups excluding carboxylic acids is 1. The third-order valence-corrected chi connectivity index (χ3v) is 4.17. The molecular formula is C16H23F3N2O3. The SMILES string of the molecule is CCC(CC)(CCO)CNC(=O)Nc1ccc(OC(F)F)c(F)c1. The first-order chi connectivity index (χ1) is 11.4. The second-order valence-electron chi connectivity index (χ2n) is 5.51. The molecule has 0 aliphatic heterocycles. The van der Waals surface area contributed by atoms with Crippen molar-refractivity contribution in [2.75, 3.05) is 18.5 Å². The number of urea groups is 1. The number of aliphatic hydroxyl groups excluding tert-OH is 1. The molecule has 0 saturated heterocycles. The smallest absolute Gasteiger partial charge is 0.387 e. The Morgan fingerprint density at radius 2 is 2.00 bits per heavy atom. The molecule has 136 valence electrons. The van der Waals surface area contributed by atoms with Crippen molar-refractivity contribution in [3.8, 4) is 5.75 Å². The van der Waals surface area contributed by atoms with Crippen molar-refractivity contribution < 1.29 is 27.8 Å². The summed E-state index contributed by atoms with van der Waals surface area (Å²) in [4.78, 5) is 11.9. The van der Waals surface area contributed by atoms with Gasteiger partial charge in [0, 0.05) is 24.9 Å². The number of rotatable bonds is 9. The molecule has 1 rings (SSSR count). The summed E-state index contributed by atoms with van der Waals surface area (Å²) in [7, 11) is 0. The summed E-state index contributed by atoms with van der Waals surface area (Å²) in [5.74, 6) is -1.58. The minimum Gasteiger partial charge on any atom is -0.432 e. The Morgan fingerprint density at radius 1 is 1.33 bits per heavy atom. The minimum absolute atomic E-state index is 0.0296. The summed E-state index contributed by atoms with van der Waals surface area (Å²) in [5, 5.41) is 14.3. The van der Waals surface area contributed by atoms with Gasteiger partial charge in [0.2, 0.25) is 0 Å². The second kappa shape index (κ2) is 9.36. The summed E-state index contributed by atoms with van der Waals surface area (Å²) in [5.41, 5.74) is -0.0841. The lowest BCUT2D eigenvalue weighted by atomic mass is 9.79. The van der Waals surface area contributed by atoms with Crippen LogP contribution in [-0.4, -0.2) is 30.9 Å². The molecule has 1 aromatic rings. The maximum Gasteiger partial charge on any atom is 0.387 e. The lowest BCUT2D eigenvalue weighted by molar-refractivity contribution is -0.0521. The fourth-order valence-electron chi connectivity index (χ4n) is 2.39. The Bertz CT molecular complexity index is 537. The Balaban J connectivity index is 2.63. The molecular weight excluding hydrogens is 325 g/mol. The van der Waals surface area contributed by atoms with Crippen LogP contribution in [0.1, 0.15) is 33.1 Å². The quantitative estimate of drug-likeness (QED) is 0.637. The van der Waals surface area contributed by atoms with Gasteiger partial charge in [-0.15, -0.1) is 0 Å². The van der Waals surface area contributed by atoms with Crippen LogP contribution in [0.2, 0.25) is 0 Å². The van der Waals surface area contributed by atoms with E-state index in [-0.39, 0.29) is 17.7 Å². The van der Waals surface area contributed by atoms with Gasteiger partial charge in [-0.2, -0.15) is 8.78 Å². The van der Waals surface area contributed by atoms with Gasteiger partial charge in [-0.05, 0) is 36.8 Å². The van der Waals surface area contributed by atoms with Crippen LogP contribution in [0.5, 0.6) is 5.75 Å². The van der Waals surface area contributed by atoms with E-state index in [4.69, 9.17) is 5.11 Å². The molecule has 8 heteroatoms. The van der Waals surface area contributed by atoms with Crippen LogP contribution in [-0.2, 0) is 0 Å². The molecule has 0 fully saturated rings. The highest BCUT2D eigenvalue weighted by Crippen LogP contribution is 2.29. The van der Waals surface area contributed by atoms with Crippen molar-refractivity contribution in [2.24, 2.45) is 5.41 Å². The first kappa shape index (κ1) is 20.1. The molecule has 5 nitrogen and oxygen atoms in total. The van der Waals surface area contributed by atoms with Gasteiger partial charge in [-0.25, -0.2) is 9.18 Å². The highest BCUT2D eigenvalue weighted by atomic mass is 19.3. The normalized spacial score (nSPS) is 11.5. The largest absolute Gasteiger partial charge is 0.432 e. The fourth-order valence-corrected chi connectivity index (χ4v) is 2.39. The molecule has 0 aliphatic carbocycles. The predicted octanol–water partition coefficient (Wildman–Crippen LogP) is 3.74. The first-order valence-corrected chi connectivity index (χ1v) is 7.76. The summed E-state index contributed by atoms with van der Waals surface area (Å²) < 4.78 is 41.7. The number of hydrogen-bond acceptors (Lipinski definition) is 3. The second-order valence-corrected chi connectivity index (χ2v) is 5.51. The average Bonchev–Trinajstić information content (AvgIpc) is 2.54. The first-order valence-electron chi connectivity index (χ1n) is 7.76. The molecule has 0 radical (unpaired) electrons. The number of aliphatic hydroxyl groups is 1.